The highest BCUT2D eigenvalue weighted by molar-refractivity contribution is 9.10. The number of rotatable bonds is 4. The fourth-order valence-electron chi connectivity index (χ4n) is 1.68. The lowest BCUT2D eigenvalue weighted by Crippen LogP contribution is -2.17. The molecular weight excluding hydrogens is 366 g/mol. The van der Waals surface area contributed by atoms with Crippen molar-refractivity contribution in [3.05, 3.63) is 64.1 Å². The van der Waals surface area contributed by atoms with E-state index in [1.165, 1.54) is 12.1 Å². The second-order valence-corrected chi connectivity index (χ2v) is 7.14. The molecule has 0 spiro atoms. The molecule has 0 aliphatic heterocycles. The quantitative estimate of drug-likeness (QED) is 0.770. The summed E-state index contributed by atoms with van der Waals surface area (Å²) < 4.78 is 51.3. The molecule has 0 saturated heterocycles. The van der Waals surface area contributed by atoms with Crippen LogP contribution >= 0.6 is 15.9 Å². The average molecular weight is 375 g/mol. The van der Waals surface area contributed by atoms with Crippen molar-refractivity contribution >= 4 is 31.6 Å². The zero-order chi connectivity index (χ0) is 15.6. The molecule has 0 radical (unpaired) electrons. The maximum absolute atomic E-state index is 13.5. The van der Waals surface area contributed by atoms with Crippen LogP contribution in [0.15, 0.2) is 51.8 Å². The Morgan fingerprint density at radius 3 is 2.29 bits per heavy atom. The van der Waals surface area contributed by atoms with Crippen molar-refractivity contribution in [2.24, 2.45) is 0 Å². The molecule has 0 fully saturated rings. The molecule has 2 rings (SSSR count). The first kappa shape index (κ1) is 15.8. The van der Waals surface area contributed by atoms with Gasteiger partial charge in [-0.2, -0.15) is 0 Å². The average Bonchev–Trinajstić information content (AvgIpc) is 2.41. The van der Waals surface area contributed by atoms with Gasteiger partial charge in [0.05, 0.1) is 0 Å². The molecule has 0 aliphatic carbocycles. The predicted molar refractivity (Wildman–Crippen MR) is 76.9 cm³/mol. The van der Waals surface area contributed by atoms with Gasteiger partial charge in [-0.3, -0.25) is 4.79 Å². The maximum atomic E-state index is 13.5. The normalized spacial score (nSPS) is 11.4. The van der Waals surface area contributed by atoms with Crippen LogP contribution in [0.1, 0.15) is 10.4 Å². The summed E-state index contributed by atoms with van der Waals surface area (Å²) in [5, 5.41) is 0. The van der Waals surface area contributed by atoms with Crippen molar-refractivity contribution in [1.82, 2.24) is 0 Å². The number of sulfone groups is 1. The third-order valence-corrected chi connectivity index (χ3v) is 4.87. The van der Waals surface area contributed by atoms with E-state index < -0.39 is 37.9 Å². The van der Waals surface area contributed by atoms with Gasteiger partial charge in [-0.1, -0.05) is 28.1 Å². The van der Waals surface area contributed by atoms with Gasteiger partial charge in [-0.05, 0) is 30.3 Å². The number of hydrogen-bond donors (Lipinski definition) is 0. The number of benzene rings is 2. The van der Waals surface area contributed by atoms with E-state index in [0.717, 1.165) is 10.5 Å². The van der Waals surface area contributed by atoms with Crippen molar-refractivity contribution < 1.29 is 22.0 Å². The molecule has 0 N–H and O–H groups in total. The van der Waals surface area contributed by atoms with Gasteiger partial charge in [0, 0.05) is 10.0 Å². The Labute approximate surface area is 128 Å². The van der Waals surface area contributed by atoms with E-state index >= 15 is 0 Å². The van der Waals surface area contributed by atoms with E-state index in [9.17, 15) is 22.0 Å². The first-order chi connectivity index (χ1) is 9.79. The standard InChI is InChI=1S/C14H9BrF2O3S/c15-10-3-1-9(2-4-10)13(18)8-21(19,20)14-7-11(16)5-6-12(14)17/h1-7H,8H2. The zero-order valence-corrected chi connectivity index (χ0v) is 12.9. The third-order valence-electron chi connectivity index (χ3n) is 2.72. The monoisotopic (exact) mass is 374 g/mol. The van der Waals surface area contributed by atoms with Gasteiger partial charge >= 0.3 is 0 Å². The summed E-state index contributed by atoms with van der Waals surface area (Å²) >= 11 is 3.19. The van der Waals surface area contributed by atoms with Crippen molar-refractivity contribution in [1.29, 1.82) is 0 Å². The molecule has 0 heterocycles. The molecule has 0 saturated carbocycles. The lowest BCUT2D eigenvalue weighted by molar-refractivity contribution is 0.102. The number of hydrogen-bond acceptors (Lipinski definition) is 3. The summed E-state index contributed by atoms with van der Waals surface area (Å²) in [6.07, 6.45) is 0. The van der Waals surface area contributed by atoms with Gasteiger partial charge in [0.2, 0.25) is 0 Å². The minimum absolute atomic E-state index is 0.179. The molecule has 2 aromatic rings. The molecule has 0 aromatic heterocycles. The molecule has 0 unspecified atom stereocenters. The highest BCUT2D eigenvalue weighted by Crippen LogP contribution is 2.19. The molecule has 110 valence electrons. The molecule has 0 amide bonds. The summed E-state index contributed by atoms with van der Waals surface area (Å²) in [5.41, 5.74) is 0.179. The van der Waals surface area contributed by atoms with Crippen LogP contribution in [0.25, 0.3) is 0 Å². The molecule has 0 aliphatic rings. The minimum atomic E-state index is -4.25. The van der Waals surface area contributed by atoms with E-state index in [0.29, 0.717) is 12.1 Å². The van der Waals surface area contributed by atoms with Crippen molar-refractivity contribution in [2.45, 2.75) is 4.90 Å². The van der Waals surface area contributed by atoms with Crippen LogP contribution in [0.3, 0.4) is 0 Å². The summed E-state index contributed by atoms with van der Waals surface area (Å²) in [7, 11) is -4.25. The first-order valence-corrected chi connectivity index (χ1v) is 8.21. The Morgan fingerprint density at radius 2 is 1.67 bits per heavy atom. The maximum Gasteiger partial charge on any atom is 0.188 e. The van der Waals surface area contributed by atoms with E-state index in [-0.39, 0.29) is 5.56 Å². The Morgan fingerprint density at radius 1 is 1.05 bits per heavy atom. The van der Waals surface area contributed by atoms with Gasteiger partial charge in [-0.15, -0.1) is 0 Å². The molecule has 7 heteroatoms. The first-order valence-electron chi connectivity index (χ1n) is 5.76. The van der Waals surface area contributed by atoms with Gasteiger partial charge < -0.3 is 0 Å². The number of halogens is 3. The second-order valence-electron chi connectivity index (χ2n) is 4.26. The SMILES string of the molecule is O=C(CS(=O)(=O)c1cc(F)ccc1F)c1ccc(Br)cc1. The highest BCUT2D eigenvalue weighted by Gasteiger charge is 2.24. The molecular formula is C14H9BrF2O3S. The lowest BCUT2D eigenvalue weighted by Gasteiger charge is -2.06. The molecule has 2 aromatic carbocycles. The fraction of sp³-hybridized carbons (Fsp3) is 0.0714. The van der Waals surface area contributed by atoms with Crippen LogP contribution in [0.2, 0.25) is 0 Å². The summed E-state index contributed by atoms with van der Waals surface area (Å²) in [5.74, 6) is -3.58. The Hall–Kier alpha value is -1.60. The van der Waals surface area contributed by atoms with Crippen LogP contribution in [0.4, 0.5) is 8.78 Å². The van der Waals surface area contributed by atoms with Crippen molar-refractivity contribution in [3.8, 4) is 0 Å². The van der Waals surface area contributed by atoms with E-state index in [1.54, 1.807) is 12.1 Å². The summed E-state index contributed by atoms with van der Waals surface area (Å²) in [6, 6.07) is 8.16. The van der Waals surface area contributed by atoms with Gasteiger partial charge in [0.15, 0.2) is 15.6 Å². The van der Waals surface area contributed by atoms with Gasteiger partial charge in [-0.25, -0.2) is 17.2 Å². The van der Waals surface area contributed by atoms with E-state index in [1.807, 2.05) is 0 Å². The van der Waals surface area contributed by atoms with Gasteiger partial charge in [0.1, 0.15) is 22.3 Å². The Bertz CT molecular complexity index is 786. The van der Waals surface area contributed by atoms with Crippen LogP contribution in [0.5, 0.6) is 0 Å². The van der Waals surface area contributed by atoms with Crippen molar-refractivity contribution in [3.63, 3.8) is 0 Å². The number of carbonyl (C=O) groups excluding carboxylic acids is 1. The van der Waals surface area contributed by atoms with Crippen molar-refractivity contribution in [2.75, 3.05) is 5.75 Å². The van der Waals surface area contributed by atoms with Crippen LogP contribution in [0, 0.1) is 11.6 Å². The smallest absolute Gasteiger partial charge is 0.188 e. The Kier molecular flexibility index (Phi) is 4.53. The topological polar surface area (TPSA) is 51.2 Å². The van der Waals surface area contributed by atoms with Gasteiger partial charge in [0.25, 0.3) is 0 Å². The van der Waals surface area contributed by atoms with E-state index in [2.05, 4.69) is 15.9 Å². The lowest BCUT2D eigenvalue weighted by atomic mass is 10.2. The second kappa shape index (κ2) is 6.03. The highest BCUT2D eigenvalue weighted by atomic mass is 79.9. The third kappa shape index (κ3) is 3.74. The Balaban J connectivity index is 2.31. The largest absolute Gasteiger partial charge is 0.293 e. The molecule has 0 bridgehead atoms. The fourth-order valence-corrected chi connectivity index (χ4v) is 3.27. The minimum Gasteiger partial charge on any atom is -0.293 e. The zero-order valence-electron chi connectivity index (χ0n) is 10.5. The van der Waals surface area contributed by atoms with Crippen LogP contribution in [-0.2, 0) is 9.84 Å². The van der Waals surface area contributed by atoms with Crippen LogP contribution < -0.4 is 0 Å². The summed E-state index contributed by atoms with van der Waals surface area (Å²) in [4.78, 5) is 11.1. The van der Waals surface area contributed by atoms with E-state index in [4.69, 9.17) is 0 Å². The predicted octanol–water partition coefficient (Wildman–Crippen LogP) is 3.38. The molecule has 0 atom stereocenters. The number of ketones is 1. The number of Topliss-reactive ketones (excluding diaryl/α,β-unsaturated/α-hetero) is 1. The number of carbonyl (C=O) groups is 1. The molecule has 3 nitrogen and oxygen atoms in total. The summed E-state index contributed by atoms with van der Waals surface area (Å²) in [6.45, 7) is 0. The molecule has 21 heavy (non-hydrogen) atoms. The van der Waals surface area contributed by atoms with Crippen LogP contribution in [-0.4, -0.2) is 20.0 Å².